The highest BCUT2D eigenvalue weighted by atomic mass is 32.1. The third-order valence-electron chi connectivity index (χ3n) is 8.55. The summed E-state index contributed by atoms with van der Waals surface area (Å²) in [5.41, 5.74) is 2.43. The van der Waals surface area contributed by atoms with Gasteiger partial charge in [-0.2, -0.15) is 0 Å². The summed E-state index contributed by atoms with van der Waals surface area (Å²) >= 11 is 1.74. The normalized spacial score (nSPS) is 20.4. The molecule has 2 aliphatic rings. The summed E-state index contributed by atoms with van der Waals surface area (Å²) in [7, 11) is 0. The molecule has 2 amide bonds. The fourth-order valence-electron chi connectivity index (χ4n) is 6.40. The van der Waals surface area contributed by atoms with E-state index in [1.165, 1.54) is 24.1 Å². The number of hydrogen-bond donors (Lipinski definition) is 1. The predicted octanol–water partition coefficient (Wildman–Crippen LogP) is 7.05. The van der Waals surface area contributed by atoms with E-state index in [-0.39, 0.29) is 17.9 Å². The summed E-state index contributed by atoms with van der Waals surface area (Å²) in [5, 5.41) is 3.48. The van der Waals surface area contributed by atoms with Crippen molar-refractivity contribution in [3.63, 3.8) is 0 Å². The van der Waals surface area contributed by atoms with Gasteiger partial charge >= 0.3 is 0 Å². The average Bonchev–Trinajstić information content (AvgIpc) is 3.51. The van der Waals surface area contributed by atoms with Crippen LogP contribution in [0.25, 0.3) is 10.2 Å². The zero-order chi connectivity index (χ0) is 26.8. The summed E-state index contributed by atoms with van der Waals surface area (Å²) in [6.45, 7) is 2.92. The third kappa shape index (κ3) is 4.80. The molecule has 5 nitrogen and oxygen atoms in total. The number of aromatic nitrogens is 1. The van der Waals surface area contributed by atoms with Crippen LogP contribution in [0.3, 0.4) is 0 Å². The average molecular weight is 540 g/mol. The smallest absolute Gasteiger partial charge is 0.272 e. The van der Waals surface area contributed by atoms with Gasteiger partial charge in [-0.1, -0.05) is 99.7 Å². The van der Waals surface area contributed by atoms with E-state index >= 15 is 0 Å². The maximum atomic E-state index is 14.7. The molecule has 1 aliphatic carbocycles. The molecule has 1 fully saturated rings. The molecule has 1 unspecified atom stereocenters. The Balaban J connectivity index is 1.50. The van der Waals surface area contributed by atoms with Gasteiger partial charge in [0, 0.05) is 17.5 Å². The minimum Gasteiger partial charge on any atom is -0.351 e. The van der Waals surface area contributed by atoms with E-state index in [4.69, 9.17) is 0 Å². The van der Waals surface area contributed by atoms with E-state index in [9.17, 15) is 9.59 Å². The van der Waals surface area contributed by atoms with E-state index in [0.29, 0.717) is 18.8 Å². The first-order valence-electron chi connectivity index (χ1n) is 14.4. The van der Waals surface area contributed by atoms with E-state index in [2.05, 4.69) is 22.9 Å². The molecule has 6 rings (SSSR count). The molecule has 0 saturated heterocycles. The minimum absolute atomic E-state index is 0.0676. The summed E-state index contributed by atoms with van der Waals surface area (Å²) in [5.74, 6) is -0.162. The van der Waals surface area contributed by atoms with Crippen molar-refractivity contribution in [2.24, 2.45) is 0 Å². The van der Waals surface area contributed by atoms with Gasteiger partial charge < -0.3 is 14.8 Å². The van der Waals surface area contributed by atoms with Crippen LogP contribution in [-0.4, -0.2) is 27.3 Å². The molecule has 2 aromatic heterocycles. The first-order valence-corrected chi connectivity index (χ1v) is 15.3. The van der Waals surface area contributed by atoms with Gasteiger partial charge in [-0.25, -0.2) is 0 Å². The van der Waals surface area contributed by atoms with Gasteiger partial charge in [0.2, 0.25) is 0 Å². The van der Waals surface area contributed by atoms with Gasteiger partial charge in [-0.3, -0.25) is 9.59 Å². The van der Waals surface area contributed by atoms with Gasteiger partial charge in [0.15, 0.2) is 5.54 Å². The summed E-state index contributed by atoms with van der Waals surface area (Å²) in [6, 6.07) is 24.4. The van der Waals surface area contributed by atoms with Crippen LogP contribution in [0.2, 0.25) is 0 Å². The molecular weight excluding hydrogens is 502 g/mol. The van der Waals surface area contributed by atoms with Gasteiger partial charge in [0.25, 0.3) is 11.8 Å². The highest BCUT2D eigenvalue weighted by Gasteiger charge is 2.53. The minimum atomic E-state index is -1.16. The molecule has 1 aliphatic heterocycles. The lowest BCUT2D eigenvalue weighted by Gasteiger charge is -2.47. The van der Waals surface area contributed by atoms with Crippen molar-refractivity contribution in [2.45, 2.75) is 83.0 Å². The number of nitrogens with zero attached hydrogens (tertiary/aromatic N) is 2. The summed E-state index contributed by atoms with van der Waals surface area (Å²) < 4.78 is 3.22. The second-order valence-corrected chi connectivity index (χ2v) is 12.2. The number of aryl methyl sites for hydroxylation is 1. The molecule has 202 valence electrons. The molecular formula is C33H37N3O2S. The second-order valence-electron chi connectivity index (χ2n) is 11.1. The number of carbonyl (C=O) groups excluding carboxylic acids is 2. The van der Waals surface area contributed by atoms with E-state index in [0.717, 1.165) is 53.4 Å². The maximum absolute atomic E-state index is 14.7. The molecule has 6 heteroatoms. The number of carbonyl (C=O) groups is 2. The lowest BCUT2D eigenvalue weighted by atomic mass is 9.83. The standard InChI is InChI=1S/C33H37N3O2S/c1-2-27-20-28-30(39-27)21-29-31(37)36(22-24-14-8-6-9-15-24)33(23-35(28)29,25-16-10-7-11-17-25)32(38)34-26-18-12-4-3-5-13-19-26/h6-11,14-17,20-21,26H,2-5,12-13,18-19,22-23H2,1H3,(H,34,38). The lowest BCUT2D eigenvalue weighted by Crippen LogP contribution is -2.64. The van der Waals surface area contributed by atoms with Crippen molar-refractivity contribution < 1.29 is 9.59 Å². The number of thiophene rings is 1. The Labute approximate surface area is 234 Å². The maximum Gasteiger partial charge on any atom is 0.272 e. The van der Waals surface area contributed by atoms with E-state index < -0.39 is 5.54 Å². The van der Waals surface area contributed by atoms with Crippen LogP contribution in [0, 0.1) is 0 Å². The molecule has 4 aromatic rings. The fourth-order valence-corrected chi connectivity index (χ4v) is 7.45. The number of benzene rings is 2. The van der Waals surface area contributed by atoms with Gasteiger partial charge in [-0.05, 0) is 42.5 Å². The van der Waals surface area contributed by atoms with Crippen molar-refractivity contribution in [2.75, 3.05) is 0 Å². The second kappa shape index (κ2) is 11.0. The number of amides is 2. The third-order valence-corrected chi connectivity index (χ3v) is 9.77. The van der Waals surface area contributed by atoms with E-state index in [1.54, 1.807) is 11.3 Å². The van der Waals surface area contributed by atoms with Crippen molar-refractivity contribution >= 4 is 33.4 Å². The Morgan fingerprint density at radius 1 is 0.949 bits per heavy atom. The van der Waals surface area contributed by atoms with Crippen molar-refractivity contribution in [3.05, 3.63) is 94.5 Å². The van der Waals surface area contributed by atoms with Crippen LogP contribution in [0.4, 0.5) is 0 Å². The molecule has 3 heterocycles. The van der Waals surface area contributed by atoms with Crippen LogP contribution in [-0.2, 0) is 29.8 Å². The SMILES string of the molecule is CCc1cc2c(cc3n2CC(C(=O)NC2CCCCCCC2)(c2ccccc2)N(Cc2ccccc2)C3=O)s1. The number of hydrogen-bond acceptors (Lipinski definition) is 3. The van der Waals surface area contributed by atoms with Crippen molar-refractivity contribution in [3.8, 4) is 0 Å². The Bertz CT molecular complexity index is 1450. The largest absolute Gasteiger partial charge is 0.351 e. The monoisotopic (exact) mass is 539 g/mol. The topological polar surface area (TPSA) is 54.3 Å². The molecule has 1 atom stereocenters. The Hall–Kier alpha value is -3.38. The fraction of sp³-hybridized carbons (Fsp3) is 0.394. The number of fused-ring (bicyclic) bond motifs is 3. The highest BCUT2D eigenvalue weighted by Crippen LogP contribution is 2.42. The number of rotatable bonds is 6. The first kappa shape index (κ1) is 25.9. The van der Waals surface area contributed by atoms with Gasteiger partial charge in [0.05, 0.1) is 16.8 Å². The molecule has 0 radical (unpaired) electrons. The Kier molecular flexibility index (Phi) is 7.30. The lowest BCUT2D eigenvalue weighted by molar-refractivity contribution is -0.136. The van der Waals surface area contributed by atoms with Crippen LogP contribution >= 0.6 is 11.3 Å². The molecule has 1 N–H and O–H groups in total. The molecule has 0 spiro atoms. The van der Waals surface area contributed by atoms with Crippen LogP contribution in [0.5, 0.6) is 0 Å². The number of nitrogens with one attached hydrogen (secondary N) is 1. The zero-order valence-corrected chi connectivity index (χ0v) is 23.5. The Morgan fingerprint density at radius 2 is 1.62 bits per heavy atom. The zero-order valence-electron chi connectivity index (χ0n) is 22.7. The van der Waals surface area contributed by atoms with Crippen LogP contribution in [0.1, 0.15) is 78.4 Å². The quantitative estimate of drug-likeness (QED) is 0.286. The van der Waals surface area contributed by atoms with Crippen LogP contribution < -0.4 is 5.32 Å². The Morgan fingerprint density at radius 3 is 2.31 bits per heavy atom. The summed E-state index contributed by atoms with van der Waals surface area (Å²) in [6.07, 6.45) is 8.92. The highest BCUT2D eigenvalue weighted by molar-refractivity contribution is 7.19. The molecule has 39 heavy (non-hydrogen) atoms. The van der Waals surface area contributed by atoms with Gasteiger partial charge in [0.1, 0.15) is 5.69 Å². The molecule has 2 aromatic carbocycles. The van der Waals surface area contributed by atoms with E-state index in [1.807, 2.05) is 71.6 Å². The van der Waals surface area contributed by atoms with Crippen molar-refractivity contribution in [1.82, 2.24) is 14.8 Å². The van der Waals surface area contributed by atoms with Crippen LogP contribution in [0.15, 0.2) is 72.8 Å². The molecule has 1 saturated carbocycles. The predicted molar refractivity (Wildman–Crippen MR) is 158 cm³/mol. The van der Waals surface area contributed by atoms with Gasteiger partial charge in [-0.15, -0.1) is 11.3 Å². The van der Waals surface area contributed by atoms with Crippen molar-refractivity contribution in [1.29, 1.82) is 0 Å². The first-order chi connectivity index (χ1) is 19.1. The molecule has 0 bridgehead atoms. The summed E-state index contributed by atoms with van der Waals surface area (Å²) in [4.78, 5) is 32.3.